The molecule has 1 aliphatic rings. The van der Waals surface area contributed by atoms with Crippen LogP contribution in [0.2, 0.25) is 0 Å². The normalized spacial score (nSPS) is 18.1. The van der Waals surface area contributed by atoms with Crippen molar-refractivity contribution in [2.24, 2.45) is 5.92 Å². The Bertz CT molecular complexity index is 1430. The molecule has 2 atom stereocenters. The number of carbonyl (C=O) groups is 2. The second-order valence-corrected chi connectivity index (χ2v) is 8.60. The Morgan fingerprint density at radius 2 is 1.68 bits per heavy atom. The van der Waals surface area contributed by atoms with Crippen LogP contribution in [0.1, 0.15) is 40.7 Å². The van der Waals surface area contributed by atoms with E-state index < -0.39 is 69.4 Å². The lowest BCUT2D eigenvalue weighted by Gasteiger charge is -2.21. The second kappa shape index (κ2) is 9.45. The first-order valence-corrected chi connectivity index (χ1v) is 11.0. The molecule has 4 N–H and O–H groups in total. The number of carboxylic acid groups (broad SMARTS) is 1. The quantitative estimate of drug-likeness (QED) is 0.328. The van der Waals surface area contributed by atoms with Gasteiger partial charge in [0.25, 0.3) is 5.91 Å². The van der Waals surface area contributed by atoms with Crippen LogP contribution in [-0.4, -0.2) is 28.0 Å². The number of rotatable bonds is 5. The third kappa shape index (κ3) is 5.25. The molecular weight excluding hydrogens is 508 g/mol. The molecule has 0 spiro atoms. The summed E-state index contributed by atoms with van der Waals surface area (Å²) < 4.78 is 81.6. The molecule has 4 rings (SSSR count). The van der Waals surface area contributed by atoms with Crippen LogP contribution in [0, 0.1) is 5.92 Å². The molecule has 1 heterocycles. The molecule has 0 bridgehead atoms. The summed E-state index contributed by atoms with van der Waals surface area (Å²) in [5.41, 5.74) is -5.64. The SMILES string of the molecule is O=C(Nc1ccc(NC2CCCC2C(=O)O)cc1C(F)(F)F)c1c[nH]c2cccc(C(F)(F)F)c2c1=O. The molecule has 1 fully saturated rings. The van der Waals surface area contributed by atoms with Crippen molar-refractivity contribution in [3.8, 4) is 0 Å². The summed E-state index contributed by atoms with van der Waals surface area (Å²) in [5.74, 6) is -3.17. The minimum Gasteiger partial charge on any atom is -0.481 e. The van der Waals surface area contributed by atoms with Crippen molar-refractivity contribution in [1.29, 1.82) is 0 Å². The smallest absolute Gasteiger partial charge is 0.418 e. The summed E-state index contributed by atoms with van der Waals surface area (Å²) >= 11 is 0. The molecule has 2 aromatic carbocycles. The zero-order valence-electron chi connectivity index (χ0n) is 18.8. The zero-order chi connectivity index (χ0) is 27.1. The molecule has 3 aromatic rings. The van der Waals surface area contributed by atoms with Crippen molar-refractivity contribution in [1.82, 2.24) is 4.98 Å². The maximum atomic E-state index is 13.8. The number of halogens is 6. The maximum Gasteiger partial charge on any atom is 0.418 e. The van der Waals surface area contributed by atoms with E-state index in [9.17, 15) is 45.8 Å². The first-order chi connectivity index (χ1) is 17.3. The fraction of sp³-hybridized carbons (Fsp3) is 0.292. The number of aromatic amines is 1. The minimum atomic E-state index is -4.96. The highest BCUT2D eigenvalue weighted by Crippen LogP contribution is 2.38. The standard InChI is InChI=1S/C24H19F6N3O4/c25-23(26,27)14-4-2-6-18-19(14)20(34)13(10-31-18)21(35)33-17-8-7-11(9-15(17)24(28,29)30)32-16-5-1-3-12(16)22(36)37/h2,4,6-10,12,16,32H,1,3,5H2,(H,31,34)(H,33,35)(H,36,37). The number of aromatic nitrogens is 1. The van der Waals surface area contributed by atoms with Crippen molar-refractivity contribution in [2.75, 3.05) is 10.6 Å². The summed E-state index contributed by atoms with van der Waals surface area (Å²) in [7, 11) is 0. The molecule has 1 aliphatic carbocycles. The van der Waals surface area contributed by atoms with E-state index in [1.807, 2.05) is 5.32 Å². The molecule has 1 aromatic heterocycles. The van der Waals surface area contributed by atoms with Gasteiger partial charge in [0.2, 0.25) is 5.43 Å². The number of anilines is 2. The number of hydrogen-bond donors (Lipinski definition) is 4. The number of carboxylic acids is 1. The Labute approximate surface area is 204 Å². The van der Waals surface area contributed by atoms with Gasteiger partial charge in [0, 0.05) is 23.4 Å². The van der Waals surface area contributed by atoms with Crippen LogP contribution < -0.4 is 16.1 Å². The highest BCUT2D eigenvalue weighted by Gasteiger charge is 2.37. The van der Waals surface area contributed by atoms with Crippen LogP contribution in [0.4, 0.5) is 37.7 Å². The van der Waals surface area contributed by atoms with Gasteiger partial charge in [0.15, 0.2) is 0 Å². The molecule has 1 saturated carbocycles. The molecule has 0 aliphatic heterocycles. The number of nitrogens with one attached hydrogen (secondary N) is 3. The van der Waals surface area contributed by atoms with E-state index >= 15 is 0 Å². The number of pyridine rings is 1. The van der Waals surface area contributed by atoms with Crippen molar-refractivity contribution in [2.45, 2.75) is 37.7 Å². The molecule has 13 heteroatoms. The van der Waals surface area contributed by atoms with E-state index in [2.05, 4.69) is 10.3 Å². The largest absolute Gasteiger partial charge is 0.481 e. The molecule has 2 unspecified atom stereocenters. The number of fused-ring (bicyclic) bond motifs is 1. The molecular formula is C24H19F6N3O4. The molecule has 0 radical (unpaired) electrons. The zero-order valence-corrected chi connectivity index (χ0v) is 18.8. The van der Waals surface area contributed by atoms with Gasteiger partial charge < -0.3 is 20.7 Å². The Hall–Kier alpha value is -4.03. The highest BCUT2D eigenvalue weighted by molar-refractivity contribution is 6.06. The van der Waals surface area contributed by atoms with E-state index in [4.69, 9.17) is 0 Å². The van der Waals surface area contributed by atoms with Crippen LogP contribution >= 0.6 is 0 Å². The average molecular weight is 527 g/mol. The number of H-pyrrole nitrogens is 1. The Morgan fingerprint density at radius 3 is 2.32 bits per heavy atom. The van der Waals surface area contributed by atoms with Gasteiger partial charge in [-0.25, -0.2) is 0 Å². The molecule has 37 heavy (non-hydrogen) atoms. The van der Waals surface area contributed by atoms with Gasteiger partial charge in [-0.15, -0.1) is 0 Å². The lowest BCUT2D eigenvalue weighted by Crippen LogP contribution is -2.30. The van der Waals surface area contributed by atoms with Crippen molar-refractivity contribution < 1.29 is 41.0 Å². The predicted octanol–water partition coefficient (Wildman–Crippen LogP) is 5.48. The summed E-state index contributed by atoms with van der Waals surface area (Å²) in [6, 6.07) is 5.15. The van der Waals surface area contributed by atoms with Gasteiger partial charge >= 0.3 is 18.3 Å². The number of aliphatic carboxylic acids is 1. The van der Waals surface area contributed by atoms with Crippen LogP contribution in [0.5, 0.6) is 0 Å². The third-order valence-corrected chi connectivity index (χ3v) is 6.22. The van der Waals surface area contributed by atoms with E-state index in [1.54, 1.807) is 0 Å². The first-order valence-electron chi connectivity index (χ1n) is 11.0. The topological polar surface area (TPSA) is 111 Å². The maximum absolute atomic E-state index is 13.8. The van der Waals surface area contributed by atoms with E-state index in [1.165, 1.54) is 12.1 Å². The van der Waals surface area contributed by atoms with Crippen LogP contribution in [-0.2, 0) is 17.1 Å². The monoisotopic (exact) mass is 527 g/mol. The number of amides is 1. The highest BCUT2D eigenvalue weighted by atomic mass is 19.4. The van der Waals surface area contributed by atoms with Gasteiger partial charge in [0.1, 0.15) is 5.56 Å². The Kier molecular flexibility index (Phi) is 6.65. The fourth-order valence-electron chi connectivity index (χ4n) is 4.48. The fourth-order valence-corrected chi connectivity index (χ4v) is 4.48. The van der Waals surface area contributed by atoms with Crippen molar-refractivity contribution >= 4 is 34.2 Å². The third-order valence-electron chi connectivity index (χ3n) is 6.22. The predicted molar refractivity (Wildman–Crippen MR) is 121 cm³/mol. The van der Waals surface area contributed by atoms with E-state index in [0.717, 1.165) is 18.3 Å². The molecule has 0 saturated heterocycles. The van der Waals surface area contributed by atoms with Crippen LogP contribution in [0.3, 0.4) is 0 Å². The van der Waals surface area contributed by atoms with Crippen molar-refractivity contribution in [3.63, 3.8) is 0 Å². The van der Waals surface area contributed by atoms with Gasteiger partial charge in [0.05, 0.1) is 28.1 Å². The van der Waals surface area contributed by atoms with Gasteiger partial charge in [-0.2, -0.15) is 26.3 Å². The summed E-state index contributed by atoms with van der Waals surface area (Å²) in [5, 5.41) is 13.2. The lowest BCUT2D eigenvalue weighted by molar-refractivity contribution is -0.142. The Morgan fingerprint density at radius 1 is 0.973 bits per heavy atom. The van der Waals surface area contributed by atoms with Gasteiger partial charge in [-0.05, 0) is 43.2 Å². The number of alkyl halides is 6. The molecule has 1 amide bonds. The summed E-state index contributed by atoms with van der Waals surface area (Å²) in [4.78, 5) is 39.3. The van der Waals surface area contributed by atoms with Crippen LogP contribution in [0.15, 0.2) is 47.4 Å². The minimum absolute atomic E-state index is 0.0261. The second-order valence-electron chi connectivity index (χ2n) is 8.60. The molecule has 196 valence electrons. The van der Waals surface area contributed by atoms with Gasteiger partial charge in [-0.3, -0.25) is 14.4 Å². The number of hydrogen-bond acceptors (Lipinski definition) is 4. The molecule has 7 nitrogen and oxygen atoms in total. The summed E-state index contributed by atoms with van der Waals surface area (Å²) in [6.45, 7) is 0. The number of carbonyl (C=O) groups excluding carboxylic acids is 1. The first kappa shape index (κ1) is 26.0. The van der Waals surface area contributed by atoms with Gasteiger partial charge in [-0.1, -0.05) is 12.5 Å². The van der Waals surface area contributed by atoms with Crippen molar-refractivity contribution in [3.05, 3.63) is 69.5 Å². The summed E-state index contributed by atoms with van der Waals surface area (Å²) in [6.07, 6.45) is -7.62. The van der Waals surface area contributed by atoms with Crippen LogP contribution in [0.25, 0.3) is 10.9 Å². The number of benzene rings is 2. The lowest BCUT2D eigenvalue weighted by atomic mass is 10.0. The average Bonchev–Trinajstić information content (AvgIpc) is 3.27. The van der Waals surface area contributed by atoms with E-state index in [-0.39, 0.29) is 11.2 Å². The Balaban J connectivity index is 1.68. The van der Waals surface area contributed by atoms with E-state index in [0.29, 0.717) is 31.4 Å².